The van der Waals surface area contributed by atoms with Gasteiger partial charge in [0.1, 0.15) is 11.6 Å². The quantitative estimate of drug-likeness (QED) is 0.840. The molecule has 20 heavy (non-hydrogen) atoms. The van der Waals surface area contributed by atoms with Gasteiger partial charge in [0.15, 0.2) is 0 Å². The van der Waals surface area contributed by atoms with Crippen LogP contribution < -0.4 is 5.32 Å². The molecule has 1 atom stereocenters. The highest BCUT2D eigenvalue weighted by Crippen LogP contribution is 2.33. The van der Waals surface area contributed by atoms with Crippen LogP contribution in [0.15, 0.2) is 36.4 Å². The van der Waals surface area contributed by atoms with Crippen LogP contribution >= 0.6 is 23.2 Å². The fourth-order valence-corrected chi connectivity index (χ4v) is 2.57. The Balaban J connectivity index is 2.53. The van der Waals surface area contributed by atoms with E-state index in [0.717, 1.165) is 0 Å². The van der Waals surface area contributed by atoms with Crippen LogP contribution in [0.2, 0.25) is 10.0 Å². The zero-order chi connectivity index (χ0) is 14.7. The van der Waals surface area contributed by atoms with Gasteiger partial charge in [-0.3, -0.25) is 0 Å². The summed E-state index contributed by atoms with van der Waals surface area (Å²) in [4.78, 5) is 0. The van der Waals surface area contributed by atoms with E-state index in [4.69, 9.17) is 23.2 Å². The number of rotatable bonds is 4. The Morgan fingerprint density at radius 2 is 1.60 bits per heavy atom. The number of halogens is 4. The summed E-state index contributed by atoms with van der Waals surface area (Å²) < 4.78 is 26.6. The lowest BCUT2D eigenvalue weighted by Crippen LogP contribution is -2.22. The predicted molar refractivity (Wildman–Crippen MR) is 78.3 cm³/mol. The van der Waals surface area contributed by atoms with Gasteiger partial charge in [0.25, 0.3) is 0 Å². The van der Waals surface area contributed by atoms with Crippen molar-refractivity contribution in [1.82, 2.24) is 5.32 Å². The monoisotopic (exact) mass is 315 g/mol. The molecule has 0 aliphatic carbocycles. The van der Waals surface area contributed by atoms with Crippen molar-refractivity contribution in [2.75, 3.05) is 6.54 Å². The molecule has 0 saturated carbocycles. The van der Waals surface area contributed by atoms with Crippen molar-refractivity contribution in [3.05, 3.63) is 69.2 Å². The summed E-state index contributed by atoms with van der Waals surface area (Å²) in [5.41, 5.74) is 1.23. The standard InChI is InChI=1S/C15H13Cl2F2N/c1-2-20-15(11-5-3-10(19)8-14(11)17)12-7-9(18)4-6-13(12)16/h3-8,15,20H,2H2,1H3. The van der Waals surface area contributed by atoms with Crippen LogP contribution in [0.25, 0.3) is 0 Å². The maximum absolute atomic E-state index is 13.4. The molecular formula is C15H13Cl2F2N. The summed E-state index contributed by atoms with van der Waals surface area (Å²) >= 11 is 12.2. The second-order valence-electron chi connectivity index (χ2n) is 4.32. The van der Waals surface area contributed by atoms with E-state index in [-0.39, 0.29) is 10.8 Å². The number of nitrogens with one attached hydrogen (secondary N) is 1. The molecule has 2 rings (SSSR count). The molecule has 1 N–H and O–H groups in total. The first-order chi connectivity index (χ1) is 9.52. The largest absolute Gasteiger partial charge is 0.306 e. The average molecular weight is 316 g/mol. The maximum atomic E-state index is 13.4. The van der Waals surface area contributed by atoms with Crippen molar-refractivity contribution in [2.24, 2.45) is 0 Å². The molecule has 0 fully saturated rings. The molecule has 0 spiro atoms. The molecule has 2 aromatic rings. The maximum Gasteiger partial charge on any atom is 0.124 e. The Hall–Kier alpha value is -1.16. The van der Waals surface area contributed by atoms with Gasteiger partial charge < -0.3 is 5.32 Å². The van der Waals surface area contributed by atoms with Crippen LogP contribution in [0.1, 0.15) is 24.1 Å². The second-order valence-corrected chi connectivity index (χ2v) is 5.14. The molecule has 106 valence electrons. The summed E-state index contributed by atoms with van der Waals surface area (Å²) in [6.45, 7) is 2.54. The van der Waals surface area contributed by atoms with Crippen molar-refractivity contribution in [3.8, 4) is 0 Å². The lowest BCUT2D eigenvalue weighted by atomic mass is 9.98. The Kier molecular flexibility index (Phi) is 4.97. The molecule has 0 saturated heterocycles. The number of benzene rings is 2. The van der Waals surface area contributed by atoms with Crippen molar-refractivity contribution in [2.45, 2.75) is 13.0 Å². The molecule has 5 heteroatoms. The summed E-state index contributed by atoms with van der Waals surface area (Å²) in [5, 5.41) is 3.89. The highest BCUT2D eigenvalue weighted by molar-refractivity contribution is 6.32. The van der Waals surface area contributed by atoms with Gasteiger partial charge in [0, 0.05) is 10.0 Å². The van der Waals surface area contributed by atoms with Crippen LogP contribution in [0, 0.1) is 11.6 Å². The minimum atomic E-state index is -0.417. The minimum Gasteiger partial charge on any atom is -0.306 e. The third kappa shape index (κ3) is 3.29. The first-order valence-electron chi connectivity index (χ1n) is 6.16. The predicted octanol–water partition coefficient (Wildman–Crippen LogP) is 4.97. The molecule has 2 aromatic carbocycles. The Morgan fingerprint density at radius 3 is 2.25 bits per heavy atom. The summed E-state index contributed by atoms with van der Waals surface area (Å²) in [7, 11) is 0. The van der Waals surface area contributed by atoms with E-state index in [9.17, 15) is 8.78 Å². The molecule has 1 unspecified atom stereocenters. The Bertz CT molecular complexity index is 617. The number of hydrogen-bond acceptors (Lipinski definition) is 1. The van der Waals surface area contributed by atoms with Gasteiger partial charge >= 0.3 is 0 Å². The van der Waals surface area contributed by atoms with Crippen molar-refractivity contribution >= 4 is 23.2 Å². The van der Waals surface area contributed by atoms with E-state index in [1.54, 1.807) is 6.07 Å². The van der Waals surface area contributed by atoms with Gasteiger partial charge in [-0.1, -0.05) is 36.2 Å². The molecule has 0 aliphatic heterocycles. The van der Waals surface area contributed by atoms with E-state index in [1.807, 2.05) is 6.92 Å². The normalized spacial score (nSPS) is 12.4. The van der Waals surface area contributed by atoms with E-state index >= 15 is 0 Å². The summed E-state index contributed by atoms with van der Waals surface area (Å²) in [5.74, 6) is -0.801. The van der Waals surface area contributed by atoms with Crippen molar-refractivity contribution < 1.29 is 8.78 Å². The van der Waals surface area contributed by atoms with E-state index in [2.05, 4.69) is 5.32 Å². The zero-order valence-corrected chi connectivity index (χ0v) is 12.3. The fraction of sp³-hybridized carbons (Fsp3) is 0.200. The van der Waals surface area contributed by atoms with Crippen LogP contribution in [0.3, 0.4) is 0 Å². The van der Waals surface area contributed by atoms with Gasteiger partial charge in [-0.25, -0.2) is 8.78 Å². The molecule has 0 heterocycles. The molecule has 1 nitrogen and oxygen atoms in total. The van der Waals surface area contributed by atoms with E-state index < -0.39 is 11.9 Å². The smallest absolute Gasteiger partial charge is 0.124 e. The van der Waals surface area contributed by atoms with Crippen molar-refractivity contribution in [1.29, 1.82) is 0 Å². The molecule has 0 aliphatic rings. The summed E-state index contributed by atoms with van der Waals surface area (Å²) in [6, 6.07) is 7.88. The first-order valence-corrected chi connectivity index (χ1v) is 6.91. The number of hydrogen-bond donors (Lipinski definition) is 1. The summed E-state index contributed by atoms with van der Waals surface area (Å²) in [6.07, 6.45) is 0. The third-order valence-corrected chi connectivity index (χ3v) is 3.62. The van der Waals surface area contributed by atoms with E-state index in [1.165, 1.54) is 30.3 Å². The SMILES string of the molecule is CCNC(c1ccc(F)cc1Cl)c1cc(F)ccc1Cl. The molecular weight excluding hydrogens is 303 g/mol. The Labute approximate surface area is 126 Å². The molecule has 0 bridgehead atoms. The second kappa shape index (κ2) is 6.53. The topological polar surface area (TPSA) is 12.0 Å². The first kappa shape index (κ1) is 15.2. The fourth-order valence-electron chi connectivity index (χ4n) is 2.06. The molecule has 0 aromatic heterocycles. The van der Waals surface area contributed by atoms with Crippen LogP contribution in [-0.2, 0) is 0 Å². The molecule has 0 amide bonds. The third-order valence-electron chi connectivity index (χ3n) is 2.95. The van der Waals surface area contributed by atoms with Crippen LogP contribution in [0.4, 0.5) is 8.78 Å². The Morgan fingerprint density at radius 1 is 0.950 bits per heavy atom. The van der Waals surface area contributed by atoms with Gasteiger partial charge in [-0.05, 0) is 48.0 Å². The van der Waals surface area contributed by atoms with E-state index in [0.29, 0.717) is 22.7 Å². The minimum absolute atomic E-state index is 0.274. The van der Waals surface area contributed by atoms with Gasteiger partial charge in [-0.2, -0.15) is 0 Å². The van der Waals surface area contributed by atoms with Crippen LogP contribution in [-0.4, -0.2) is 6.54 Å². The van der Waals surface area contributed by atoms with Crippen molar-refractivity contribution in [3.63, 3.8) is 0 Å². The van der Waals surface area contributed by atoms with Gasteiger partial charge in [0.05, 0.1) is 6.04 Å². The lowest BCUT2D eigenvalue weighted by molar-refractivity contribution is 0.599. The zero-order valence-electron chi connectivity index (χ0n) is 10.8. The lowest BCUT2D eigenvalue weighted by Gasteiger charge is -2.21. The average Bonchev–Trinajstić information content (AvgIpc) is 2.40. The highest BCUT2D eigenvalue weighted by Gasteiger charge is 2.19. The van der Waals surface area contributed by atoms with Gasteiger partial charge in [-0.15, -0.1) is 0 Å². The molecule has 0 radical (unpaired) electrons. The van der Waals surface area contributed by atoms with Crippen LogP contribution in [0.5, 0.6) is 0 Å². The highest BCUT2D eigenvalue weighted by atomic mass is 35.5. The van der Waals surface area contributed by atoms with Gasteiger partial charge in [0.2, 0.25) is 0 Å².